The minimum Gasteiger partial charge on any atom is -0.338 e. The Morgan fingerprint density at radius 3 is 2.73 bits per heavy atom. The number of aromatic nitrogens is 1. The van der Waals surface area contributed by atoms with Crippen LogP contribution in [0.2, 0.25) is 10.0 Å². The van der Waals surface area contributed by atoms with E-state index in [1.165, 1.54) is 0 Å². The van der Waals surface area contributed by atoms with Crippen molar-refractivity contribution in [3.63, 3.8) is 0 Å². The SMILES string of the molecule is Cc1ccc(NC(=O)C2CCCN(C(=O)c3ccc(Cl)cc3Cl)C2)nc1. The number of aryl methyl sites for hydroxylation is 1. The number of piperidine rings is 1. The molecule has 26 heavy (non-hydrogen) atoms. The minimum absolute atomic E-state index is 0.124. The number of amides is 2. The van der Waals surface area contributed by atoms with E-state index in [0.717, 1.165) is 18.4 Å². The number of nitrogens with zero attached hydrogens (tertiary/aromatic N) is 2. The van der Waals surface area contributed by atoms with Crippen molar-refractivity contribution in [2.75, 3.05) is 18.4 Å². The molecule has 2 amide bonds. The molecule has 1 aromatic carbocycles. The molecule has 0 spiro atoms. The van der Waals surface area contributed by atoms with Crippen molar-refractivity contribution >= 4 is 40.8 Å². The van der Waals surface area contributed by atoms with Crippen molar-refractivity contribution in [2.24, 2.45) is 5.92 Å². The smallest absolute Gasteiger partial charge is 0.255 e. The van der Waals surface area contributed by atoms with Crippen LogP contribution in [0.25, 0.3) is 0 Å². The zero-order valence-corrected chi connectivity index (χ0v) is 15.8. The molecule has 1 N–H and O–H groups in total. The first-order valence-electron chi connectivity index (χ1n) is 8.42. The monoisotopic (exact) mass is 391 g/mol. The lowest BCUT2D eigenvalue weighted by molar-refractivity contribution is -0.121. The van der Waals surface area contributed by atoms with Crippen LogP contribution in [0.1, 0.15) is 28.8 Å². The van der Waals surface area contributed by atoms with Gasteiger partial charge in [0.1, 0.15) is 5.82 Å². The van der Waals surface area contributed by atoms with Gasteiger partial charge in [-0.1, -0.05) is 29.3 Å². The van der Waals surface area contributed by atoms with Crippen molar-refractivity contribution < 1.29 is 9.59 Å². The van der Waals surface area contributed by atoms with Crippen LogP contribution in [0.4, 0.5) is 5.82 Å². The summed E-state index contributed by atoms with van der Waals surface area (Å²) in [5.74, 6) is -0.0645. The second-order valence-electron chi connectivity index (χ2n) is 6.42. The maximum Gasteiger partial charge on any atom is 0.255 e. The topological polar surface area (TPSA) is 62.3 Å². The van der Waals surface area contributed by atoms with E-state index < -0.39 is 0 Å². The molecule has 136 valence electrons. The van der Waals surface area contributed by atoms with Gasteiger partial charge in [0.05, 0.1) is 16.5 Å². The molecule has 1 atom stereocenters. The average Bonchev–Trinajstić information content (AvgIpc) is 2.63. The van der Waals surface area contributed by atoms with E-state index in [1.807, 2.05) is 13.0 Å². The van der Waals surface area contributed by atoms with E-state index in [2.05, 4.69) is 10.3 Å². The largest absolute Gasteiger partial charge is 0.338 e. The van der Waals surface area contributed by atoms with Crippen LogP contribution >= 0.6 is 23.2 Å². The Morgan fingerprint density at radius 1 is 1.23 bits per heavy atom. The van der Waals surface area contributed by atoms with E-state index in [1.54, 1.807) is 35.4 Å². The summed E-state index contributed by atoms with van der Waals surface area (Å²) in [6.45, 7) is 2.89. The molecule has 0 bridgehead atoms. The van der Waals surface area contributed by atoms with Crippen LogP contribution in [0, 0.1) is 12.8 Å². The number of hydrogen-bond acceptors (Lipinski definition) is 3. The maximum absolute atomic E-state index is 12.8. The van der Waals surface area contributed by atoms with E-state index >= 15 is 0 Å². The predicted molar refractivity (Wildman–Crippen MR) is 103 cm³/mol. The Morgan fingerprint density at radius 2 is 2.04 bits per heavy atom. The van der Waals surface area contributed by atoms with Gasteiger partial charge in [0.25, 0.3) is 5.91 Å². The highest BCUT2D eigenvalue weighted by Crippen LogP contribution is 2.25. The third kappa shape index (κ3) is 4.34. The molecule has 5 nitrogen and oxygen atoms in total. The molecule has 0 saturated carbocycles. The molecule has 0 aliphatic carbocycles. The van der Waals surface area contributed by atoms with E-state index in [9.17, 15) is 9.59 Å². The van der Waals surface area contributed by atoms with E-state index in [-0.39, 0.29) is 17.7 Å². The molecule has 3 rings (SSSR count). The second kappa shape index (κ2) is 8.06. The number of pyridine rings is 1. The molecular formula is C19H19Cl2N3O2. The second-order valence-corrected chi connectivity index (χ2v) is 7.27. The summed E-state index contributed by atoms with van der Waals surface area (Å²) < 4.78 is 0. The predicted octanol–water partition coefficient (Wildman–Crippen LogP) is 4.19. The number of likely N-dealkylation sites (tertiary alicyclic amines) is 1. The van der Waals surface area contributed by atoms with Crippen LogP contribution in [0.15, 0.2) is 36.5 Å². The van der Waals surface area contributed by atoms with Crippen molar-refractivity contribution in [1.82, 2.24) is 9.88 Å². The number of halogens is 2. The first-order chi connectivity index (χ1) is 12.4. The number of carbonyl (C=O) groups excluding carboxylic acids is 2. The third-order valence-electron chi connectivity index (χ3n) is 4.40. The summed E-state index contributed by atoms with van der Waals surface area (Å²) in [5, 5.41) is 3.62. The lowest BCUT2D eigenvalue weighted by Gasteiger charge is -2.32. The summed E-state index contributed by atoms with van der Waals surface area (Å²) in [5.41, 5.74) is 1.43. The summed E-state index contributed by atoms with van der Waals surface area (Å²) in [6, 6.07) is 8.46. The molecule has 7 heteroatoms. The Kier molecular flexibility index (Phi) is 5.79. The summed E-state index contributed by atoms with van der Waals surface area (Å²) in [4.78, 5) is 31.2. The van der Waals surface area contributed by atoms with Crippen molar-refractivity contribution in [1.29, 1.82) is 0 Å². The zero-order valence-electron chi connectivity index (χ0n) is 14.3. The fourth-order valence-corrected chi connectivity index (χ4v) is 3.47. The summed E-state index contributed by atoms with van der Waals surface area (Å²) in [6.07, 6.45) is 3.20. The van der Waals surface area contributed by atoms with Gasteiger partial charge in [-0.2, -0.15) is 0 Å². The summed E-state index contributed by atoms with van der Waals surface area (Å²) in [7, 11) is 0. The van der Waals surface area contributed by atoms with Gasteiger partial charge >= 0.3 is 0 Å². The number of nitrogens with one attached hydrogen (secondary N) is 1. The first-order valence-corrected chi connectivity index (χ1v) is 9.17. The minimum atomic E-state index is -0.276. The van der Waals surface area contributed by atoms with E-state index in [0.29, 0.717) is 34.5 Å². The Bertz CT molecular complexity index is 824. The molecule has 2 heterocycles. The van der Waals surface area contributed by atoms with Crippen LogP contribution in [0.5, 0.6) is 0 Å². The van der Waals surface area contributed by atoms with E-state index in [4.69, 9.17) is 23.2 Å². The molecular weight excluding hydrogens is 373 g/mol. The highest BCUT2D eigenvalue weighted by atomic mass is 35.5. The van der Waals surface area contributed by atoms with Gasteiger partial charge in [0, 0.05) is 24.3 Å². The van der Waals surface area contributed by atoms with Gasteiger partial charge < -0.3 is 10.2 Å². The molecule has 1 aliphatic rings. The number of benzene rings is 1. The lowest BCUT2D eigenvalue weighted by Crippen LogP contribution is -2.43. The van der Waals surface area contributed by atoms with Crippen LogP contribution in [0.3, 0.4) is 0 Å². The number of hydrogen-bond donors (Lipinski definition) is 1. The highest BCUT2D eigenvalue weighted by molar-refractivity contribution is 6.36. The molecule has 1 aromatic heterocycles. The van der Waals surface area contributed by atoms with Gasteiger partial charge in [-0.15, -0.1) is 0 Å². The molecule has 0 radical (unpaired) electrons. The first kappa shape index (κ1) is 18.7. The zero-order chi connectivity index (χ0) is 18.7. The van der Waals surface area contributed by atoms with Crippen LogP contribution in [-0.2, 0) is 4.79 Å². The maximum atomic E-state index is 12.8. The highest BCUT2D eigenvalue weighted by Gasteiger charge is 2.29. The number of rotatable bonds is 3. The van der Waals surface area contributed by atoms with Crippen LogP contribution < -0.4 is 5.32 Å². The molecule has 1 unspecified atom stereocenters. The van der Waals surface area contributed by atoms with Gasteiger partial charge in [-0.25, -0.2) is 4.98 Å². The molecule has 2 aromatic rings. The fourth-order valence-electron chi connectivity index (χ4n) is 2.98. The van der Waals surface area contributed by atoms with Crippen molar-refractivity contribution in [3.05, 3.63) is 57.7 Å². The van der Waals surface area contributed by atoms with Crippen molar-refractivity contribution in [3.8, 4) is 0 Å². The van der Waals surface area contributed by atoms with Crippen LogP contribution in [-0.4, -0.2) is 34.8 Å². The van der Waals surface area contributed by atoms with Gasteiger partial charge in [-0.05, 0) is 49.6 Å². The fraction of sp³-hybridized carbons (Fsp3) is 0.316. The molecule has 1 saturated heterocycles. The Labute approximate surface area is 162 Å². The average molecular weight is 392 g/mol. The molecule has 1 aliphatic heterocycles. The third-order valence-corrected chi connectivity index (χ3v) is 4.95. The summed E-state index contributed by atoms with van der Waals surface area (Å²) >= 11 is 12.0. The van der Waals surface area contributed by atoms with Gasteiger partial charge in [0.15, 0.2) is 0 Å². The van der Waals surface area contributed by atoms with Gasteiger partial charge in [0.2, 0.25) is 5.91 Å². The Balaban J connectivity index is 1.67. The number of carbonyl (C=O) groups is 2. The Hall–Kier alpha value is -2.11. The van der Waals surface area contributed by atoms with Crippen molar-refractivity contribution in [2.45, 2.75) is 19.8 Å². The quantitative estimate of drug-likeness (QED) is 0.852. The lowest BCUT2D eigenvalue weighted by atomic mass is 9.96. The standard InChI is InChI=1S/C19H19Cl2N3O2/c1-12-4-7-17(22-10-12)23-18(25)13-3-2-8-24(11-13)19(26)15-6-5-14(20)9-16(15)21/h4-7,9-10,13H,2-3,8,11H2,1H3,(H,22,23,25). The number of anilines is 1. The van der Waals surface area contributed by atoms with Gasteiger partial charge in [-0.3, -0.25) is 9.59 Å². The molecule has 1 fully saturated rings. The normalized spacial score (nSPS) is 17.0.